The van der Waals surface area contributed by atoms with Crippen LogP contribution in [0.3, 0.4) is 0 Å². The molecule has 6 rings (SSSR count). The number of rotatable bonds is 8. The van der Waals surface area contributed by atoms with Crippen molar-refractivity contribution in [3.63, 3.8) is 0 Å². The molecule has 0 amide bonds. The van der Waals surface area contributed by atoms with Gasteiger partial charge in [-0.2, -0.15) is 5.10 Å². The van der Waals surface area contributed by atoms with Crippen LogP contribution in [-0.2, 0) is 5.75 Å². The Morgan fingerprint density at radius 1 is 0.757 bits per heavy atom. The molecule has 0 bridgehead atoms. The number of hydrogen-bond acceptors (Lipinski definition) is 5. The molecule has 0 fully saturated rings. The molecule has 0 saturated heterocycles. The van der Waals surface area contributed by atoms with Gasteiger partial charge < -0.3 is 9.30 Å². The summed E-state index contributed by atoms with van der Waals surface area (Å²) in [4.78, 5) is 0. The molecular formula is C29H24N6OS. The fourth-order valence-corrected chi connectivity index (χ4v) is 5.11. The molecule has 0 aliphatic carbocycles. The van der Waals surface area contributed by atoms with Crippen molar-refractivity contribution in [2.45, 2.75) is 10.9 Å². The van der Waals surface area contributed by atoms with E-state index < -0.39 is 0 Å². The molecule has 0 unspecified atom stereocenters. The number of ether oxygens (including phenoxy) is 1. The largest absolute Gasteiger partial charge is 0.497 e. The topological polar surface area (TPSA) is 62.7 Å². The summed E-state index contributed by atoms with van der Waals surface area (Å²) in [5.41, 5.74) is 4.02. The van der Waals surface area contributed by atoms with Crippen LogP contribution in [0.2, 0.25) is 0 Å². The van der Waals surface area contributed by atoms with E-state index in [0.717, 1.165) is 45.2 Å². The second-order valence-corrected chi connectivity index (χ2v) is 9.28. The number of hydrogen-bond donors (Lipinski definition) is 0. The third-order valence-electron chi connectivity index (χ3n) is 6.01. The predicted octanol–water partition coefficient (Wildman–Crippen LogP) is 6.21. The van der Waals surface area contributed by atoms with Gasteiger partial charge in [-0.15, -0.1) is 10.2 Å². The maximum atomic E-state index is 5.29. The number of thioether (sulfide) groups is 1. The molecule has 7 nitrogen and oxygen atoms in total. The molecule has 182 valence electrons. The molecule has 0 radical (unpaired) electrons. The van der Waals surface area contributed by atoms with E-state index in [-0.39, 0.29) is 0 Å². The molecule has 0 atom stereocenters. The van der Waals surface area contributed by atoms with Crippen LogP contribution >= 0.6 is 11.8 Å². The highest BCUT2D eigenvalue weighted by atomic mass is 32.2. The van der Waals surface area contributed by atoms with Crippen molar-refractivity contribution in [1.82, 2.24) is 29.1 Å². The molecule has 6 aromatic rings. The second kappa shape index (κ2) is 10.2. The summed E-state index contributed by atoms with van der Waals surface area (Å²) in [6.07, 6.45) is 5.90. The lowest BCUT2D eigenvalue weighted by Crippen LogP contribution is -2.06. The zero-order valence-corrected chi connectivity index (χ0v) is 21.0. The first-order valence-corrected chi connectivity index (χ1v) is 12.8. The quantitative estimate of drug-likeness (QED) is 0.231. The van der Waals surface area contributed by atoms with E-state index in [4.69, 9.17) is 9.84 Å². The summed E-state index contributed by atoms with van der Waals surface area (Å²) in [6, 6.07) is 32.4. The van der Waals surface area contributed by atoms with E-state index in [9.17, 15) is 0 Å². The van der Waals surface area contributed by atoms with Crippen molar-refractivity contribution in [3.05, 3.63) is 121 Å². The molecule has 0 aliphatic rings. The molecule has 3 aromatic heterocycles. The normalized spacial score (nSPS) is 11.1. The number of methoxy groups -OCH3 is 1. The Morgan fingerprint density at radius 2 is 1.43 bits per heavy atom. The zero-order valence-electron chi connectivity index (χ0n) is 20.2. The monoisotopic (exact) mass is 504 g/mol. The number of aromatic nitrogens is 6. The van der Waals surface area contributed by atoms with Crippen molar-refractivity contribution in [1.29, 1.82) is 0 Å². The summed E-state index contributed by atoms with van der Waals surface area (Å²) >= 11 is 1.64. The SMILES string of the molecule is COc1ccc(CSc2nnc(-c3cnn(-c4ccccc4)c3-n3cccc3)n2-c2ccccc2)cc1. The average Bonchev–Trinajstić information content (AvgIpc) is 3.72. The van der Waals surface area contributed by atoms with Gasteiger partial charge in [0.2, 0.25) is 0 Å². The highest BCUT2D eigenvalue weighted by molar-refractivity contribution is 7.98. The molecular weight excluding hydrogens is 480 g/mol. The van der Waals surface area contributed by atoms with Gasteiger partial charge in [0.15, 0.2) is 16.8 Å². The van der Waals surface area contributed by atoms with Crippen LogP contribution in [0.5, 0.6) is 5.75 Å². The van der Waals surface area contributed by atoms with Gasteiger partial charge in [-0.05, 0) is 54.1 Å². The van der Waals surface area contributed by atoms with E-state index >= 15 is 0 Å². The van der Waals surface area contributed by atoms with Gasteiger partial charge in [-0.3, -0.25) is 4.57 Å². The Labute approximate surface area is 219 Å². The first-order valence-electron chi connectivity index (χ1n) is 11.9. The van der Waals surface area contributed by atoms with Gasteiger partial charge in [0.05, 0.1) is 24.6 Å². The summed E-state index contributed by atoms with van der Waals surface area (Å²) in [7, 11) is 1.68. The predicted molar refractivity (Wildman–Crippen MR) is 146 cm³/mol. The second-order valence-electron chi connectivity index (χ2n) is 8.33. The lowest BCUT2D eigenvalue weighted by Gasteiger charge is -2.13. The first kappa shape index (κ1) is 22.9. The highest BCUT2D eigenvalue weighted by Gasteiger charge is 2.23. The van der Waals surface area contributed by atoms with Crippen molar-refractivity contribution < 1.29 is 4.74 Å². The lowest BCUT2D eigenvalue weighted by atomic mass is 10.2. The van der Waals surface area contributed by atoms with Crippen LogP contribution in [0.25, 0.3) is 28.6 Å². The average molecular weight is 505 g/mol. The summed E-state index contributed by atoms with van der Waals surface area (Å²) < 4.78 is 11.4. The van der Waals surface area contributed by atoms with Gasteiger partial charge in [-0.1, -0.05) is 60.3 Å². The fourth-order valence-electron chi connectivity index (χ4n) is 4.20. The Bertz CT molecular complexity index is 1590. The molecule has 3 aromatic carbocycles. The minimum atomic E-state index is 0.731. The zero-order chi connectivity index (χ0) is 25.0. The molecule has 3 heterocycles. The van der Waals surface area contributed by atoms with Crippen LogP contribution in [0.4, 0.5) is 0 Å². The number of benzene rings is 3. The molecule has 37 heavy (non-hydrogen) atoms. The van der Waals surface area contributed by atoms with Crippen LogP contribution in [0, 0.1) is 0 Å². The minimum absolute atomic E-state index is 0.731. The fraction of sp³-hybridized carbons (Fsp3) is 0.0690. The molecule has 8 heteroatoms. The lowest BCUT2D eigenvalue weighted by molar-refractivity contribution is 0.414. The highest BCUT2D eigenvalue weighted by Crippen LogP contribution is 2.33. The van der Waals surface area contributed by atoms with Crippen LogP contribution in [0.1, 0.15) is 5.56 Å². The molecule has 0 aliphatic heterocycles. The van der Waals surface area contributed by atoms with Gasteiger partial charge in [0.25, 0.3) is 0 Å². The van der Waals surface area contributed by atoms with Crippen LogP contribution in [0.15, 0.2) is 121 Å². The van der Waals surface area contributed by atoms with E-state index in [0.29, 0.717) is 0 Å². The maximum absolute atomic E-state index is 5.29. The summed E-state index contributed by atoms with van der Waals surface area (Å²) in [5, 5.41) is 14.9. The Kier molecular flexibility index (Phi) is 6.31. The molecule has 0 N–H and O–H groups in total. The van der Waals surface area contributed by atoms with E-state index in [1.54, 1.807) is 18.9 Å². The van der Waals surface area contributed by atoms with Gasteiger partial charge in [-0.25, -0.2) is 4.68 Å². The molecule has 0 spiro atoms. The Hall–Kier alpha value is -4.56. The van der Waals surface area contributed by atoms with Crippen LogP contribution < -0.4 is 4.74 Å². The first-order chi connectivity index (χ1) is 18.3. The van der Waals surface area contributed by atoms with Gasteiger partial charge >= 0.3 is 0 Å². The van der Waals surface area contributed by atoms with E-state index in [1.165, 1.54) is 5.56 Å². The van der Waals surface area contributed by atoms with E-state index in [1.807, 2.05) is 96.1 Å². The van der Waals surface area contributed by atoms with Crippen molar-refractivity contribution in [3.8, 4) is 34.3 Å². The van der Waals surface area contributed by atoms with E-state index in [2.05, 4.69) is 43.6 Å². The van der Waals surface area contributed by atoms with Gasteiger partial charge in [0.1, 0.15) is 5.75 Å². The standard InChI is InChI=1S/C29H24N6OS/c1-36-25-16-14-22(15-17-25)21-37-29-32-31-27(34(29)23-10-4-2-5-11-23)26-20-30-35(24-12-6-3-7-13-24)28(26)33-18-8-9-19-33/h2-20H,21H2,1H3. The summed E-state index contributed by atoms with van der Waals surface area (Å²) in [6.45, 7) is 0. The third-order valence-corrected chi connectivity index (χ3v) is 7.01. The van der Waals surface area contributed by atoms with Crippen molar-refractivity contribution in [2.24, 2.45) is 0 Å². The Balaban J connectivity index is 1.46. The smallest absolute Gasteiger partial charge is 0.196 e. The summed E-state index contributed by atoms with van der Waals surface area (Å²) in [5.74, 6) is 3.22. The van der Waals surface area contributed by atoms with Crippen molar-refractivity contribution in [2.75, 3.05) is 7.11 Å². The number of nitrogens with zero attached hydrogens (tertiary/aromatic N) is 6. The van der Waals surface area contributed by atoms with Crippen LogP contribution in [-0.4, -0.2) is 36.2 Å². The Morgan fingerprint density at radius 3 is 2.11 bits per heavy atom. The molecule has 0 saturated carbocycles. The number of para-hydroxylation sites is 2. The minimum Gasteiger partial charge on any atom is -0.497 e. The maximum Gasteiger partial charge on any atom is 0.196 e. The van der Waals surface area contributed by atoms with Crippen molar-refractivity contribution >= 4 is 11.8 Å². The van der Waals surface area contributed by atoms with Gasteiger partial charge in [0, 0.05) is 23.8 Å². The third kappa shape index (κ3) is 4.54.